The summed E-state index contributed by atoms with van der Waals surface area (Å²) in [5.41, 5.74) is 1.08. The smallest absolute Gasteiger partial charge is 0.160 e. The van der Waals surface area contributed by atoms with Gasteiger partial charge in [0.2, 0.25) is 0 Å². The highest BCUT2D eigenvalue weighted by Crippen LogP contribution is 2.26. The average Bonchev–Trinajstić information content (AvgIpc) is 2.24. The Morgan fingerprint density at radius 1 is 1.50 bits per heavy atom. The molecule has 1 rings (SSSR count). The number of benzene rings is 1. The third-order valence-corrected chi connectivity index (χ3v) is 1.62. The predicted molar refractivity (Wildman–Crippen MR) is 60.3 cm³/mol. The molecule has 0 fully saturated rings. The molecule has 1 aromatic rings. The van der Waals surface area contributed by atoms with E-state index in [0.717, 1.165) is 12.0 Å². The summed E-state index contributed by atoms with van der Waals surface area (Å²) in [4.78, 5) is 0. The number of hydrogen-bond donors (Lipinski definition) is 1. The van der Waals surface area contributed by atoms with Crippen LogP contribution in [0.1, 0.15) is 5.56 Å². The van der Waals surface area contributed by atoms with Crippen molar-refractivity contribution in [1.82, 2.24) is 0 Å². The van der Waals surface area contributed by atoms with Gasteiger partial charge in [0.15, 0.2) is 11.5 Å². The Labute approximate surface area is 89.8 Å². The van der Waals surface area contributed by atoms with Gasteiger partial charge in [-0.2, -0.15) is 0 Å². The Morgan fingerprint density at radius 2 is 2.14 bits per heavy atom. The van der Waals surface area contributed by atoms with E-state index >= 15 is 0 Å². The molecule has 0 aliphatic carbocycles. The summed E-state index contributed by atoms with van der Waals surface area (Å²) in [5.74, 6) is 0.680. The summed E-state index contributed by atoms with van der Waals surface area (Å²) in [5, 5.41) is 9.25. The van der Waals surface area contributed by atoms with E-state index in [1.54, 1.807) is 12.1 Å². The molecule has 0 atom stereocenters. The number of rotatable bonds is 3. The molecule has 0 aliphatic heterocycles. The first kappa shape index (κ1) is 12.8. The Morgan fingerprint density at radius 3 is 2.64 bits per heavy atom. The van der Waals surface area contributed by atoms with Gasteiger partial charge in [0.1, 0.15) is 0 Å². The Balaban J connectivity index is 0.000000791. The number of allylic oxidation sites excluding steroid dienone is 1. The van der Waals surface area contributed by atoms with Crippen molar-refractivity contribution in [2.45, 2.75) is 6.42 Å². The van der Waals surface area contributed by atoms with E-state index in [1.807, 2.05) is 12.1 Å². The summed E-state index contributed by atoms with van der Waals surface area (Å²) >= 11 is 4.64. The number of alkyl halides is 1. The molecule has 3 heteroatoms. The zero-order valence-electron chi connectivity index (χ0n) is 8.46. The lowest BCUT2D eigenvalue weighted by atomic mass is 10.1. The standard InChI is InChI=1S/C10H12O2.CH3Cl/c1-3-4-8-5-6-9(11)10(7-8)12-2;1-2/h3,5-7,11H,1,4H2,2H3;1H3. The van der Waals surface area contributed by atoms with E-state index < -0.39 is 0 Å². The molecule has 1 aromatic carbocycles. The van der Waals surface area contributed by atoms with Gasteiger partial charge in [0.25, 0.3) is 0 Å². The van der Waals surface area contributed by atoms with Gasteiger partial charge in [-0.15, -0.1) is 18.2 Å². The van der Waals surface area contributed by atoms with Gasteiger partial charge in [-0.05, 0) is 24.1 Å². The molecule has 14 heavy (non-hydrogen) atoms. The number of ether oxygens (including phenoxy) is 1. The number of methoxy groups -OCH3 is 1. The number of aromatic hydroxyl groups is 1. The van der Waals surface area contributed by atoms with Gasteiger partial charge >= 0.3 is 0 Å². The molecule has 0 bridgehead atoms. The monoisotopic (exact) mass is 214 g/mol. The third kappa shape index (κ3) is 3.71. The van der Waals surface area contributed by atoms with Gasteiger partial charge in [0.05, 0.1) is 7.11 Å². The highest BCUT2D eigenvalue weighted by molar-refractivity contribution is 6.15. The largest absolute Gasteiger partial charge is 0.504 e. The summed E-state index contributed by atoms with van der Waals surface area (Å²) in [7, 11) is 1.53. The minimum atomic E-state index is 0.172. The van der Waals surface area contributed by atoms with Crippen molar-refractivity contribution in [2.75, 3.05) is 13.5 Å². The Bertz CT molecular complexity index is 285. The van der Waals surface area contributed by atoms with Crippen LogP contribution in [-0.4, -0.2) is 18.6 Å². The quantitative estimate of drug-likeness (QED) is 0.619. The van der Waals surface area contributed by atoms with Crippen LogP contribution in [0.25, 0.3) is 0 Å². The van der Waals surface area contributed by atoms with Crippen LogP contribution in [0.3, 0.4) is 0 Å². The van der Waals surface area contributed by atoms with Crippen molar-refractivity contribution < 1.29 is 9.84 Å². The summed E-state index contributed by atoms with van der Waals surface area (Å²) in [6.45, 7) is 3.63. The summed E-state index contributed by atoms with van der Waals surface area (Å²) in [6.07, 6.45) is 4.07. The van der Waals surface area contributed by atoms with E-state index in [1.165, 1.54) is 13.5 Å². The minimum absolute atomic E-state index is 0.172. The maximum absolute atomic E-state index is 9.25. The van der Waals surface area contributed by atoms with Crippen LogP contribution in [0.2, 0.25) is 0 Å². The maximum Gasteiger partial charge on any atom is 0.160 e. The number of halogens is 1. The lowest BCUT2D eigenvalue weighted by Gasteiger charge is -2.04. The topological polar surface area (TPSA) is 29.5 Å². The highest BCUT2D eigenvalue weighted by atomic mass is 35.5. The lowest BCUT2D eigenvalue weighted by molar-refractivity contribution is 0.373. The van der Waals surface area contributed by atoms with Gasteiger partial charge < -0.3 is 9.84 Å². The van der Waals surface area contributed by atoms with Crippen molar-refractivity contribution in [3.8, 4) is 11.5 Å². The number of hydrogen-bond acceptors (Lipinski definition) is 2. The molecule has 0 amide bonds. The molecule has 0 saturated heterocycles. The van der Waals surface area contributed by atoms with Crippen molar-refractivity contribution >= 4 is 11.6 Å². The first-order chi connectivity index (χ1) is 6.77. The molecule has 1 N–H and O–H groups in total. The normalized spacial score (nSPS) is 8.50. The van der Waals surface area contributed by atoms with Crippen molar-refractivity contribution in [1.29, 1.82) is 0 Å². The molecule has 0 aliphatic rings. The molecule has 2 nitrogen and oxygen atoms in total. The second-order valence-corrected chi connectivity index (χ2v) is 2.50. The van der Waals surface area contributed by atoms with Gasteiger partial charge in [-0.25, -0.2) is 0 Å². The number of phenols is 1. The van der Waals surface area contributed by atoms with Crippen LogP contribution < -0.4 is 4.74 Å². The second kappa shape index (κ2) is 7.27. The predicted octanol–water partition coefficient (Wildman–Crippen LogP) is 2.98. The van der Waals surface area contributed by atoms with Crippen LogP contribution >= 0.6 is 11.6 Å². The molecular formula is C11H15ClO2. The SMILES string of the molecule is C=CCc1ccc(O)c(OC)c1.CCl. The third-order valence-electron chi connectivity index (χ3n) is 1.62. The molecule has 78 valence electrons. The number of phenolic OH excluding ortho intramolecular Hbond substituents is 1. The van der Waals surface area contributed by atoms with Crippen LogP contribution in [0, 0.1) is 0 Å². The zero-order chi connectivity index (χ0) is 11.0. The Hall–Kier alpha value is -1.15. The molecule has 0 unspecified atom stereocenters. The van der Waals surface area contributed by atoms with Crippen molar-refractivity contribution in [3.05, 3.63) is 36.4 Å². The highest BCUT2D eigenvalue weighted by Gasteiger charge is 2.00. The van der Waals surface area contributed by atoms with Crippen molar-refractivity contribution in [2.24, 2.45) is 0 Å². The van der Waals surface area contributed by atoms with E-state index in [0.29, 0.717) is 5.75 Å². The van der Waals surface area contributed by atoms with Crippen LogP contribution in [-0.2, 0) is 6.42 Å². The van der Waals surface area contributed by atoms with Crippen LogP contribution in [0.4, 0.5) is 0 Å². The molecule has 0 heterocycles. The van der Waals surface area contributed by atoms with E-state index in [9.17, 15) is 5.11 Å². The second-order valence-electron chi connectivity index (χ2n) is 2.50. The van der Waals surface area contributed by atoms with E-state index in [2.05, 4.69) is 18.2 Å². The van der Waals surface area contributed by atoms with Gasteiger partial charge in [0, 0.05) is 6.38 Å². The fourth-order valence-corrected chi connectivity index (χ4v) is 1.02. The zero-order valence-corrected chi connectivity index (χ0v) is 9.21. The molecule has 0 aromatic heterocycles. The fraction of sp³-hybridized carbons (Fsp3) is 0.273. The van der Waals surface area contributed by atoms with Gasteiger partial charge in [-0.3, -0.25) is 0 Å². The first-order valence-corrected chi connectivity index (χ1v) is 4.88. The average molecular weight is 215 g/mol. The van der Waals surface area contributed by atoms with Gasteiger partial charge in [-0.1, -0.05) is 12.1 Å². The summed E-state index contributed by atoms with van der Waals surface area (Å²) < 4.78 is 4.95. The lowest BCUT2D eigenvalue weighted by Crippen LogP contribution is -1.86. The molecule has 0 radical (unpaired) electrons. The minimum Gasteiger partial charge on any atom is -0.504 e. The molecular weight excluding hydrogens is 200 g/mol. The fourth-order valence-electron chi connectivity index (χ4n) is 1.02. The molecule has 0 spiro atoms. The van der Waals surface area contributed by atoms with Crippen LogP contribution in [0.15, 0.2) is 30.9 Å². The summed E-state index contributed by atoms with van der Waals surface area (Å²) in [6, 6.07) is 5.27. The molecule has 0 saturated carbocycles. The van der Waals surface area contributed by atoms with E-state index in [-0.39, 0.29) is 5.75 Å². The first-order valence-electron chi connectivity index (χ1n) is 4.12. The van der Waals surface area contributed by atoms with Crippen molar-refractivity contribution in [3.63, 3.8) is 0 Å². The maximum atomic E-state index is 9.25. The van der Waals surface area contributed by atoms with E-state index in [4.69, 9.17) is 4.74 Å². The van der Waals surface area contributed by atoms with Crippen LogP contribution in [0.5, 0.6) is 11.5 Å². The Kier molecular flexibility index (Phi) is 6.68.